The molecule has 2 aromatic carbocycles. The minimum absolute atomic E-state index is 0.0261. The van der Waals surface area contributed by atoms with Crippen LogP contribution < -0.4 is 15.6 Å². The van der Waals surface area contributed by atoms with E-state index in [0.717, 1.165) is 0 Å². The molecule has 0 unspecified atom stereocenters. The van der Waals surface area contributed by atoms with Crippen LogP contribution in [0.4, 0.5) is 9.52 Å². The molecule has 0 aliphatic carbocycles. The van der Waals surface area contributed by atoms with E-state index in [9.17, 15) is 14.0 Å². The van der Waals surface area contributed by atoms with Crippen LogP contribution in [0.5, 0.6) is 5.75 Å². The zero-order valence-electron chi connectivity index (χ0n) is 16.3. The standard InChI is InChI=1S/C21H17FN4O4S/c1-29-17-7-6-12(8-14(17)22)16-11-31-21(24-16)26-19(27)10-30-9-18-23-15-5-3-2-4-13(15)20(28)25-18/h2-8,11H,9-10H2,1H3,(H,23,25,28)(H,24,26,27). The molecule has 0 radical (unpaired) electrons. The molecule has 4 rings (SSSR count). The van der Waals surface area contributed by atoms with Crippen molar-refractivity contribution in [2.45, 2.75) is 6.61 Å². The number of carbonyl (C=O) groups excluding carboxylic acids is 1. The minimum atomic E-state index is -0.493. The monoisotopic (exact) mass is 440 g/mol. The number of thiazole rings is 1. The molecule has 0 saturated carbocycles. The van der Waals surface area contributed by atoms with Gasteiger partial charge in [0.25, 0.3) is 11.5 Å². The number of methoxy groups -OCH3 is 1. The molecule has 0 atom stereocenters. The van der Waals surface area contributed by atoms with Crippen molar-refractivity contribution < 1.29 is 18.7 Å². The second-order valence-corrected chi connectivity index (χ2v) is 7.32. The van der Waals surface area contributed by atoms with Crippen molar-refractivity contribution >= 4 is 33.3 Å². The molecular formula is C21H17FN4O4S. The van der Waals surface area contributed by atoms with Crippen molar-refractivity contribution in [3.63, 3.8) is 0 Å². The van der Waals surface area contributed by atoms with Gasteiger partial charge in [0.2, 0.25) is 0 Å². The molecule has 0 aliphatic rings. The highest BCUT2D eigenvalue weighted by atomic mass is 32.1. The molecule has 0 bridgehead atoms. The van der Waals surface area contributed by atoms with Gasteiger partial charge in [-0.1, -0.05) is 12.1 Å². The van der Waals surface area contributed by atoms with E-state index in [-0.39, 0.29) is 24.5 Å². The third-order valence-corrected chi connectivity index (χ3v) is 5.09. The van der Waals surface area contributed by atoms with E-state index in [1.165, 1.54) is 30.6 Å². The summed E-state index contributed by atoms with van der Waals surface area (Å²) in [6, 6.07) is 11.5. The average Bonchev–Trinajstić information content (AvgIpc) is 3.22. The van der Waals surface area contributed by atoms with Crippen molar-refractivity contribution in [2.75, 3.05) is 19.0 Å². The fourth-order valence-electron chi connectivity index (χ4n) is 2.89. The van der Waals surface area contributed by atoms with Gasteiger partial charge < -0.3 is 14.5 Å². The number of fused-ring (bicyclic) bond motifs is 1. The van der Waals surface area contributed by atoms with Crippen LogP contribution in [0.2, 0.25) is 0 Å². The number of H-pyrrole nitrogens is 1. The Morgan fingerprint density at radius 3 is 2.87 bits per heavy atom. The highest BCUT2D eigenvalue weighted by Crippen LogP contribution is 2.28. The van der Waals surface area contributed by atoms with Crippen LogP contribution in [0.25, 0.3) is 22.2 Å². The van der Waals surface area contributed by atoms with E-state index < -0.39 is 11.7 Å². The zero-order chi connectivity index (χ0) is 21.8. The van der Waals surface area contributed by atoms with Gasteiger partial charge >= 0.3 is 0 Å². The van der Waals surface area contributed by atoms with Crippen LogP contribution >= 0.6 is 11.3 Å². The van der Waals surface area contributed by atoms with E-state index in [4.69, 9.17) is 9.47 Å². The fourth-order valence-corrected chi connectivity index (χ4v) is 3.62. The van der Waals surface area contributed by atoms with Gasteiger partial charge in [0.1, 0.15) is 19.0 Å². The number of anilines is 1. The molecule has 158 valence electrons. The Morgan fingerprint density at radius 1 is 1.23 bits per heavy atom. The average molecular weight is 440 g/mol. The number of aromatic amines is 1. The molecule has 0 aliphatic heterocycles. The Kier molecular flexibility index (Phi) is 6.01. The second-order valence-electron chi connectivity index (χ2n) is 6.46. The number of carbonyl (C=O) groups is 1. The second kappa shape index (κ2) is 9.02. The highest BCUT2D eigenvalue weighted by molar-refractivity contribution is 7.14. The topological polar surface area (TPSA) is 106 Å². The Morgan fingerprint density at radius 2 is 2.06 bits per heavy atom. The maximum atomic E-state index is 13.9. The summed E-state index contributed by atoms with van der Waals surface area (Å²) in [6.45, 7) is -0.273. The molecule has 10 heteroatoms. The number of para-hydroxylation sites is 1. The van der Waals surface area contributed by atoms with Crippen LogP contribution in [0.3, 0.4) is 0 Å². The lowest BCUT2D eigenvalue weighted by molar-refractivity contribution is -0.121. The van der Waals surface area contributed by atoms with Crippen LogP contribution in [-0.2, 0) is 16.1 Å². The van der Waals surface area contributed by atoms with Crippen LogP contribution in [-0.4, -0.2) is 34.6 Å². The van der Waals surface area contributed by atoms with Gasteiger partial charge in [0.05, 0.1) is 23.7 Å². The Bertz CT molecular complexity index is 1300. The molecule has 2 heterocycles. The number of hydrogen-bond acceptors (Lipinski definition) is 7. The molecule has 0 saturated heterocycles. The maximum absolute atomic E-state index is 13.9. The lowest BCUT2D eigenvalue weighted by atomic mass is 10.1. The van der Waals surface area contributed by atoms with Gasteiger partial charge in [-0.15, -0.1) is 11.3 Å². The summed E-state index contributed by atoms with van der Waals surface area (Å²) in [7, 11) is 1.39. The summed E-state index contributed by atoms with van der Waals surface area (Å²) in [6.07, 6.45) is 0. The van der Waals surface area contributed by atoms with Crippen molar-refractivity contribution in [1.29, 1.82) is 0 Å². The summed E-state index contributed by atoms with van der Waals surface area (Å²) < 4.78 is 24.1. The lowest BCUT2D eigenvalue weighted by Gasteiger charge is -2.05. The molecule has 4 aromatic rings. The number of aromatic nitrogens is 3. The Hall–Kier alpha value is -3.63. The number of hydrogen-bond donors (Lipinski definition) is 2. The van der Waals surface area contributed by atoms with Gasteiger partial charge in [0, 0.05) is 10.9 Å². The number of nitrogens with one attached hydrogen (secondary N) is 2. The van der Waals surface area contributed by atoms with Crippen LogP contribution in [0, 0.1) is 5.82 Å². The quantitative estimate of drug-likeness (QED) is 0.457. The first-order valence-electron chi connectivity index (χ1n) is 9.18. The summed E-state index contributed by atoms with van der Waals surface area (Å²) in [5.41, 5.74) is 1.39. The molecule has 2 N–H and O–H groups in total. The molecule has 0 fully saturated rings. The number of halogens is 1. The number of amides is 1. The summed E-state index contributed by atoms with van der Waals surface area (Å²) >= 11 is 1.21. The molecule has 0 spiro atoms. The predicted molar refractivity (Wildman–Crippen MR) is 115 cm³/mol. The number of benzene rings is 2. The van der Waals surface area contributed by atoms with Crippen LogP contribution in [0.15, 0.2) is 52.6 Å². The smallest absolute Gasteiger partial charge is 0.258 e. The Labute approximate surface area is 179 Å². The van der Waals surface area contributed by atoms with E-state index in [0.29, 0.717) is 33.1 Å². The summed E-state index contributed by atoms with van der Waals surface area (Å²) in [4.78, 5) is 35.4. The number of ether oxygens (including phenoxy) is 2. The molecule has 31 heavy (non-hydrogen) atoms. The first-order chi connectivity index (χ1) is 15.0. The lowest BCUT2D eigenvalue weighted by Crippen LogP contribution is -2.19. The van der Waals surface area contributed by atoms with Crippen LogP contribution in [0.1, 0.15) is 5.82 Å². The molecular weight excluding hydrogens is 423 g/mol. The number of nitrogens with zero attached hydrogens (tertiary/aromatic N) is 2. The third kappa shape index (κ3) is 4.76. The van der Waals surface area contributed by atoms with Gasteiger partial charge in [-0.25, -0.2) is 14.4 Å². The van der Waals surface area contributed by atoms with Gasteiger partial charge in [-0.2, -0.15) is 0 Å². The van der Waals surface area contributed by atoms with E-state index in [2.05, 4.69) is 20.3 Å². The normalized spacial score (nSPS) is 10.9. The maximum Gasteiger partial charge on any atom is 0.258 e. The minimum Gasteiger partial charge on any atom is -0.494 e. The summed E-state index contributed by atoms with van der Waals surface area (Å²) in [5.74, 6) is -0.432. The first-order valence-corrected chi connectivity index (χ1v) is 10.1. The van der Waals surface area contributed by atoms with Crippen molar-refractivity contribution in [2.24, 2.45) is 0 Å². The largest absolute Gasteiger partial charge is 0.494 e. The molecule has 8 nitrogen and oxygen atoms in total. The number of rotatable bonds is 7. The van der Waals surface area contributed by atoms with E-state index in [1.807, 2.05) is 0 Å². The summed E-state index contributed by atoms with van der Waals surface area (Å²) in [5, 5.41) is 5.18. The molecule has 1 amide bonds. The van der Waals surface area contributed by atoms with Crippen molar-refractivity contribution in [1.82, 2.24) is 15.0 Å². The SMILES string of the molecule is COc1ccc(-c2csc(NC(=O)COCc3nc4ccccc4c(=O)[nH]3)n2)cc1F. The Balaban J connectivity index is 1.33. The fraction of sp³-hybridized carbons (Fsp3) is 0.143. The van der Waals surface area contributed by atoms with Gasteiger partial charge in [-0.05, 0) is 30.3 Å². The van der Waals surface area contributed by atoms with Gasteiger partial charge in [0.15, 0.2) is 16.7 Å². The van der Waals surface area contributed by atoms with E-state index >= 15 is 0 Å². The highest BCUT2D eigenvalue weighted by Gasteiger charge is 2.11. The van der Waals surface area contributed by atoms with Crippen molar-refractivity contribution in [3.05, 3.63) is 69.8 Å². The van der Waals surface area contributed by atoms with Gasteiger partial charge in [-0.3, -0.25) is 14.9 Å². The predicted octanol–water partition coefficient (Wildman–Crippen LogP) is 3.35. The van der Waals surface area contributed by atoms with Crippen molar-refractivity contribution in [3.8, 4) is 17.0 Å². The first kappa shape index (κ1) is 20.6. The molecule has 2 aromatic heterocycles. The third-order valence-electron chi connectivity index (χ3n) is 4.33. The van der Waals surface area contributed by atoms with E-state index in [1.54, 1.807) is 35.7 Å². The zero-order valence-corrected chi connectivity index (χ0v) is 17.2.